The second-order valence-corrected chi connectivity index (χ2v) is 8.79. The number of rotatable bonds is 8. The number of aromatic nitrogens is 2. The summed E-state index contributed by atoms with van der Waals surface area (Å²) in [7, 11) is -4.23. The van der Waals surface area contributed by atoms with Crippen LogP contribution in [0.4, 0.5) is 9.18 Å². The van der Waals surface area contributed by atoms with Gasteiger partial charge in [-0.1, -0.05) is 0 Å². The first-order valence-electron chi connectivity index (χ1n) is 9.87. The van der Waals surface area contributed by atoms with Gasteiger partial charge in [0.05, 0.1) is 17.8 Å². The van der Waals surface area contributed by atoms with Crippen LogP contribution in [0.25, 0.3) is 0 Å². The fraction of sp³-hybridized carbons (Fsp3) is 0.368. The highest BCUT2D eigenvalue weighted by Gasteiger charge is 2.35. The standard InChI is InChI=1S/C19H23FN6O5S/c20-13-3-5-15(6-4-13)32(30,31)25-19(29)26-9-1-2-16(26)18(28)23-11-17(27)22-8-7-14-10-21-12-24-14/h3-6,10,12,16H,1-2,7-9,11H2,(H,21,24)(H,22,27)(H,23,28)(H,25,29)/t16-/m0/s1. The Hall–Kier alpha value is -3.48. The van der Waals surface area contributed by atoms with E-state index in [1.165, 1.54) is 6.33 Å². The van der Waals surface area contributed by atoms with Crippen molar-refractivity contribution in [2.75, 3.05) is 19.6 Å². The highest BCUT2D eigenvalue weighted by atomic mass is 32.2. The lowest BCUT2D eigenvalue weighted by atomic mass is 10.2. The Morgan fingerprint density at radius 3 is 2.62 bits per heavy atom. The van der Waals surface area contributed by atoms with Crippen molar-refractivity contribution in [1.82, 2.24) is 30.2 Å². The van der Waals surface area contributed by atoms with E-state index in [4.69, 9.17) is 0 Å². The number of H-pyrrole nitrogens is 1. The van der Waals surface area contributed by atoms with Gasteiger partial charge in [-0.15, -0.1) is 0 Å². The van der Waals surface area contributed by atoms with E-state index in [1.807, 2.05) is 4.72 Å². The number of sulfonamides is 1. The van der Waals surface area contributed by atoms with Gasteiger partial charge in [0, 0.05) is 31.4 Å². The van der Waals surface area contributed by atoms with E-state index in [0.717, 1.165) is 34.9 Å². The van der Waals surface area contributed by atoms with Crippen molar-refractivity contribution in [3.8, 4) is 0 Å². The van der Waals surface area contributed by atoms with Crippen molar-refractivity contribution in [3.63, 3.8) is 0 Å². The first-order valence-corrected chi connectivity index (χ1v) is 11.4. The monoisotopic (exact) mass is 466 g/mol. The van der Waals surface area contributed by atoms with Crippen molar-refractivity contribution >= 4 is 27.9 Å². The van der Waals surface area contributed by atoms with Crippen LogP contribution in [0, 0.1) is 5.82 Å². The van der Waals surface area contributed by atoms with E-state index >= 15 is 0 Å². The number of halogens is 1. The second kappa shape index (κ2) is 10.2. The van der Waals surface area contributed by atoms with Crippen LogP contribution >= 0.6 is 0 Å². The fourth-order valence-electron chi connectivity index (χ4n) is 3.23. The van der Waals surface area contributed by atoms with Crippen LogP contribution in [0.1, 0.15) is 18.5 Å². The van der Waals surface area contributed by atoms with Crippen LogP contribution in [-0.4, -0.2) is 66.8 Å². The number of benzene rings is 1. The molecule has 2 heterocycles. The molecular formula is C19H23FN6O5S. The van der Waals surface area contributed by atoms with Gasteiger partial charge in [-0.2, -0.15) is 0 Å². The van der Waals surface area contributed by atoms with Crippen LogP contribution in [-0.2, 0) is 26.0 Å². The Kier molecular flexibility index (Phi) is 7.41. The number of carbonyl (C=O) groups excluding carboxylic acids is 3. The molecule has 32 heavy (non-hydrogen) atoms. The summed E-state index contributed by atoms with van der Waals surface area (Å²) in [6, 6.07) is 2.12. The third kappa shape index (κ3) is 6.03. The molecule has 3 rings (SSSR count). The van der Waals surface area contributed by atoms with Crippen molar-refractivity contribution in [2.24, 2.45) is 0 Å². The minimum atomic E-state index is -4.23. The summed E-state index contributed by atoms with van der Waals surface area (Å²) in [5.41, 5.74) is 0.859. The first kappa shape index (κ1) is 23.2. The molecule has 0 radical (unpaired) electrons. The molecule has 2 aromatic rings. The lowest BCUT2D eigenvalue weighted by Crippen LogP contribution is -2.51. The summed E-state index contributed by atoms with van der Waals surface area (Å²) in [6.07, 6.45) is 4.56. The minimum absolute atomic E-state index is 0.180. The highest BCUT2D eigenvalue weighted by Crippen LogP contribution is 2.18. The van der Waals surface area contributed by atoms with E-state index in [0.29, 0.717) is 25.8 Å². The normalized spacial score (nSPS) is 15.9. The van der Waals surface area contributed by atoms with Crippen LogP contribution in [0.5, 0.6) is 0 Å². The Labute approximate surface area is 183 Å². The topological polar surface area (TPSA) is 153 Å². The Morgan fingerprint density at radius 2 is 1.94 bits per heavy atom. The number of nitrogens with one attached hydrogen (secondary N) is 4. The number of nitrogens with zero attached hydrogens (tertiary/aromatic N) is 2. The molecule has 1 fully saturated rings. The van der Waals surface area contributed by atoms with Crippen LogP contribution in [0.3, 0.4) is 0 Å². The van der Waals surface area contributed by atoms with Gasteiger partial charge in [0.25, 0.3) is 10.0 Å². The zero-order valence-electron chi connectivity index (χ0n) is 17.0. The van der Waals surface area contributed by atoms with E-state index in [2.05, 4.69) is 20.6 Å². The van der Waals surface area contributed by atoms with Gasteiger partial charge >= 0.3 is 6.03 Å². The van der Waals surface area contributed by atoms with Gasteiger partial charge in [0.15, 0.2) is 0 Å². The molecule has 0 spiro atoms. The Bertz CT molecular complexity index is 1060. The van der Waals surface area contributed by atoms with Crippen molar-refractivity contribution < 1.29 is 27.2 Å². The summed E-state index contributed by atoms with van der Waals surface area (Å²) in [5.74, 6) is -1.57. The highest BCUT2D eigenvalue weighted by molar-refractivity contribution is 7.90. The van der Waals surface area contributed by atoms with E-state index in [9.17, 15) is 27.2 Å². The number of carbonyl (C=O) groups is 3. The molecule has 11 nitrogen and oxygen atoms in total. The van der Waals surface area contributed by atoms with Gasteiger partial charge in [0.2, 0.25) is 11.8 Å². The van der Waals surface area contributed by atoms with Crippen LogP contribution in [0.15, 0.2) is 41.7 Å². The molecule has 1 aromatic carbocycles. The number of aromatic amines is 1. The van der Waals surface area contributed by atoms with Gasteiger partial charge in [-0.25, -0.2) is 27.3 Å². The van der Waals surface area contributed by atoms with Gasteiger partial charge in [-0.05, 0) is 37.1 Å². The minimum Gasteiger partial charge on any atom is -0.354 e. The summed E-state index contributed by atoms with van der Waals surface area (Å²) >= 11 is 0. The summed E-state index contributed by atoms with van der Waals surface area (Å²) in [4.78, 5) is 44.5. The molecule has 0 unspecified atom stereocenters. The molecule has 13 heteroatoms. The quantitative estimate of drug-likeness (QED) is 0.426. The molecular weight excluding hydrogens is 443 g/mol. The maximum Gasteiger partial charge on any atom is 0.331 e. The Balaban J connectivity index is 1.49. The predicted molar refractivity (Wildman–Crippen MR) is 110 cm³/mol. The van der Waals surface area contributed by atoms with Crippen molar-refractivity contribution in [2.45, 2.75) is 30.2 Å². The first-order chi connectivity index (χ1) is 15.3. The average molecular weight is 466 g/mol. The summed E-state index contributed by atoms with van der Waals surface area (Å²) in [6.45, 7) is 0.261. The molecule has 0 saturated carbocycles. The van der Waals surface area contributed by atoms with Crippen LogP contribution < -0.4 is 15.4 Å². The molecule has 1 aliphatic rings. The van der Waals surface area contributed by atoms with E-state index in [-0.39, 0.29) is 18.0 Å². The Morgan fingerprint density at radius 1 is 1.19 bits per heavy atom. The molecule has 1 saturated heterocycles. The largest absolute Gasteiger partial charge is 0.354 e. The van der Waals surface area contributed by atoms with Gasteiger partial charge in [0.1, 0.15) is 11.9 Å². The van der Waals surface area contributed by atoms with E-state index in [1.54, 1.807) is 6.20 Å². The second-order valence-electron chi connectivity index (χ2n) is 7.11. The van der Waals surface area contributed by atoms with E-state index < -0.39 is 39.7 Å². The zero-order chi connectivity index (χ0) is 23.1. The predicted octanol–water partition coefficient (Wildman–Crippen LogP) is -0.113. The fourth-order valence-corrected chi connectivity index (χ4v) is 4.19. The smallest absolute Gasteiger partial charge is 0.331 e. The number of imidazole rings is 1. The third-order valence-electron chi connectivity index (χ3n) is 4.86. The average Bonchev–Trinajstić information content (AvgIpc) is 3.44. The number of urea groups is 1. The molecule has 0 aliphatic carbocycles. The van der Waals surface area contributed by atoms with Crippen molar-refractivity contribution in [3.05, 3.63) is 48.3 Å². The summed E-state index contributed by atoms with van der Waals surface area (Å²) < 4.78 is 39.6. The maximum absolute atomic E-state index is 13.0. The molecule has 172 valence electrons. The maximum atomic E-state index is 13.0. The number of hydrogen-bond donors (Lipinski definition) is 4. The number of hydrogen-bond acceptors (Lipinski definition) is 6. The zero-order valence-corrected chi connectivity index (χ0v) is 17.8. The third-order valence-corrected chi connectivity index (χ3v) is 6.19. The lowest BCUT2D eigenvalue weighted by molar-refractivity contribution is -0.128. The summed E-state index contributed by atoms with van der Waals surface area (Å²) in [5, 5.41) is 5.12. The SMILES string of the molecule is O=C(CNC(=O)[C@@H]1CCCN1C(=O)NS(=O)(=O)c1ccc(F)cc1)NCCc1cnc[nH]1. The van der Waals surface area contributed by atoms with Crippen molar-refractivity contribution in [1.29, 1.82) is 0 Å². The molecule has 0 bridgehead atoms. The number of amides is 4. The molecule has 1 atom stereocenters. The van der Waals surface area contributed by atoms with Crippen LogP contribution in [0.2, 0.25) is 0 Å². The van der Waals surface area contributed by atoms with Gasteiger partial charge in [-0.3, -0.25) is 9.59 Å². The molecule has 1 aromatic heterocycles. The molecule has 1 aliphatic heterocycles. The molecule has 4 N–H and O–H groups in total. The number of likely N-dealkylation sites (tertiary alicyclic amines) is 1. The van der Waals surface area contributed by atoms with Gasteiger partial charge < -0.3 is 20.5 Å². The lowest BCUT2D eigenvalue weighted by Gasteiger charge is -2.24. The molecule has 4 amide bonds.